The summed E-state index contributed by atoms with van der Waals surface area (Å²) in [7, 11) is 1.60. The van der Waals surface area contributed by atoms with Gasteiger partial charge in [-0.25, -0.2) is 4.98 Å². The van der Waals surface area contributed by atoms with Crippen LogP contribution in [-0.2, 0) is 6.54 Å². The number of halogens is 1. The van der Waals surface area contributed by atoms with Gasteiger partial charge in [-0.1, -0.05) is 48.0 Å². The van der Waals surface area contributed by atoms with Crippen LogP contribution in [0.3, 0.4) is 0 Å². The van der Waals surface area contributed by atoms with Gasteiger partial charge in [0.15, 0.2) is 0 Å². The highest BCUT2D eigenvalue weighted by atomic mass is 35.5. The molecule has 0 aliphatic carbocycles. The summed E-state index contributed by atoms with van der Waals surface area (Å²) < 4.78 is 7.49. The second-order valence-corrected chi connectivity index (χ2v) is 6.81. The molecular formula is C22H18ClN3O2. The lowest BCUT2D eigenvalue weighted by Gasteiger charge is -2.12. The van der Waals surface area contributed by atoms with Crippen molar-refractivity contribution in [3.63, 3.8) is 0 Å². The van der Waals surface area contributed by atoms with E-state index in [2.05, 4.69) is 27.8 Å². The number of fused-ring (bicyclic) bond motifs is 1. The van der Waals surface area contributed by atoms with Crippen LogP contribution < -0.4 is 10.5 Å². The molecule has 28 heavy (non-hydrogen) atoms. The van der Waals surface area contributed by atoms with Crippen molar-refractivity contribution in [3.05, 3.63) is 83.1 Å². The molecule has 2 aromatic carbocycles. The van der Waals surface area contributed by atoms with Crippen LogP contribution in [0.15, 0.2) is 66.7 Å². The van der Waals surface area contributed by atoms with E-state index >= 15 is 0 Å². The van der Waals surface area contributed by atoms with Crippen molar-refractivity contribution >= 4 is 28.4 Å². The van der Waals surface area contributed by atoms with Crippen LogP contribution in [0.4, 0.5) is 0 Å². The zero-order valence-corrected chi connectivity index (χ0v) is 16.0. The minimum atomic E-state index is -0.546. The molecule has 1 amide bonds. The number of carbonyl (C=O) groups is 1. The smallest absolute Gasteiger partial charge is 0.267 e. The van der Waals surface area contributed by atoms with Crippen LogP contribution >= 0.6 is 11.6 Å². The number of hydrogen-bond acceptors (Lipinski definition) is 3. The van der Waals surface area contributed by atoms with Gasteiger partial charge in [0.2, 0.25) is 0 Å². The maximum absolute atomic E-state index is 11.5. The van der Waals surface area contributed by atoms with E-state index < -0.39 is 5.91 Å². The highest BCUT2D eigenvalue weighted by Gasteiger charge is 2.15. The standard InChI is InChI=1S/C22H18ClN3O2/c1-28-21-11-15-10-19(14-6-3-2-4-7-14)26(20(15)12-17(21)23)13-16-8-5-9-18(25-16)22(24)27/h2-12H,13H2,1H3,(H2,24,27). The van der Waals surface area contributed by atoms with Crippen LogP contribution in [0.2, 0.25) is 5.02 Å². The lowest BCUT2D eigenvalue weighted by atomic mass is 10.1. The second kappa shape index (κ2) is 7.37. The van der Waals surface area contributed by atoms with Crippen molar-refractivity contribution in [1.82, 2.24) is 9.55 Å². The van der Waals surface area contributed by atoms with Crippen molar-refractivity contribution in [3.8, 4) is 17.0 Å². The van der Waals surface area contributed by atoms with Gasteiger partial charge in [-0.05, 0) is 35.9 Å². The Morgan fingerprint density at radius 1 is 1.11 bits per heavy atom. The van der Waals surface area contributed by atoms with E-state index in [1.54, 1.807) is 19.2 Å². The van der Waals surface area contributed by atoms with E-state index in [-0.39, 0.29) is 5.69 Å². The molecule has 0 radical (unpaired) electrons. The fraction of sp³-hybridized carbons (Fsp3) is 0.0909. The lowest BCUT2D eigenvalue weighted by Crippen LogP contribution is -2.14. The van der Waals surface area contributed by atoms with Gasteiger partial charge >= 0.3 is 0 Å². The summed E-state index contributed by atoms with van der Waals surface area (Å²) in [5.41, 5.74) is 9.40. The molecule has 0 saturated heterocycles. The van der Waals surface area contributed by atoms with Crippen LogP contribution in [0.1, 0.15) is 16.2 Å². The van der Waals surface area contributed by atoms with Crippen molar-refractivity contribution in [2.45, 2.75) is 6.54 Å². The average molecular weight is 392 g/mol. The molecule has 4 rings (SSSR count). The van der Waals surface area contributed by atoms with Gasteiger partial charge in [0.1, 0.15) is 11.4 Å². The van der Waals surface area contributed by atoms with E-state index in [1.165, 1.54) is 0 Å². The van der Waals surface area contributed by atoms with Gasteiger partial charge in [0.05, 0.1) is 29.9 Å². The second-order valence-electron chi connectivity index (χ2n) is 6.41. The first-order valence-electron chi connectivity index (χ1n) is 8.75. The molecule has 2 aromatic heterocycles. The van der Waals surface area contributed by atoms with E-state index in [0.717, 1.165) is 27.9 Å². The summed E-state index contributed by atoms with van der Waals surface area (Å²) in [5, 5.41) is 1.54. The molecule has 0 aliphatic heterocycles. The highest BCUT2D eigenvalue weighted by molar-refractivity contribution is 6.32. The third-order valence-electron chi connectivity index (χ3n) is 4.62. The summed E-state index contributed by atoms with van der Waals surface area (Å²) in [6.07, 6.45) is 0. The predicted octanol–water partition coefficient (Wildman–Crippen LogP) is 4.51. The number of aromatic nitrogens is 2. The Bertz CT molecular complexity index is 1170. The van der Waals surface area contributed by atoms with E-state index in [1.807, 2.05) is 36.4 Å². The predicted molar refractivity (Wildman–Crippen MR) is 111 cm³/mol. The number of nitrogens with two attached hydrogens (primary N) is 1. The molecule has 0 unspecified atom stereocenters. The van der Waals surface area contributed by atoms with Gasteiger partial charge in [-0.15, -0.1) is 0 Å². The Hall–Kier alpha value is -3.31. The highest BCUT2D eigenvalue weighted by Crippen LogP contribution is 2.35. The molecule has 4 aromatic rings. The van der Waals surface area contributed by atoms with Gasteiger partial charge in [-0.3, -0.25) is 4.79 Å². The number of benzene rings is 2. The molecule has 2 N–H and O–H groups in total. The van der Waals surface area contributed by atoms with Crippen molar-refractivity contribution in [1.29, 1.82) is 0 Å². The molecule has 0 fully saturated rings. The first-order chi connectivity index (χ1) is 13.6. The van der Waals surface area contributed by atoms with Crippen LogP contribution in [0.5, 0.6) is 5.75 Å². The Morgan fingerprint density at radius 2 is 1.89 bits per heavy atom. The largest absolute Gasteiger partial charge is 0.495 e. The van der Waals surface area contributed by atoms with E-state index in [9.17, 15) is 4.79 Å². The Balaban J connectivity index is 1.90. The van der Waals surface area contributed by atoms with Gasteiger partial charge in [0, 0.05) is 11.1 Å². The molecule has 0 aliphatic rings. The van der Waals surface area contributed by atoms with Gasteiger partial charge in [-0.2, -0.15) is 0 Å². The number of ether oxygens (including phenoxy) is 1. The summed E-state index contributed by atoms with van der Waals surface area (Å²) >= 11 is 6.39. The molecule has 2 heterocycles. The molecule has 5 nitrogen and oxygen atoms in total. The first kappa shape index (κ1) is 18.1. The molecule has 0 spiro atoms. The monoisotopic (exact) mass is 391 g/mol. The number of carbonyl (C=O) groups excluding carboxylic acids is 1. The number of nitrogens with zero attached hydrogens (tertiary/aromatic N) is 2. The maximum atomic E-state index is 11.5. The Labute approximate surface area is 167 Å². The van der Waals surface area contributed by atoms with Crippen molar-refractivity contribution < 1.29 is 9.53 Å². The number of pyridine rings is 1. The molecule has 0 saturated carbocycles. The fourth-order valence-electron chi connectivity index (χ4n) is 3.30. The first-order valence-corrected chi connectivity index (χ1v) is 9.12. The van der Waals surface area contributed by atoms with Crippen molar-refractivity contribution in [2.24, 2.45) is 5.73 Å². The summed E-state index contributed by atoms with van der Waals surface area (Å²) in [5.74, 6) is 0.0788. The van der Waals surface area contributed by atoms with E-state index in [4.69, 9.17) is 22.1 Å². The van der Waals surface area contributed by atoms with E-state index in [0.29, 0.717) is 17.3 Å². The van der Waals surface area contributed by atoms with Gasteiger partial charge in [0.25, 0.3) is 5.91 Å². The number of primary amides is 1. The average Bonchev–Trinajstić information content (AvgIpc) is 3.05. The minimum Gasteiger partial charge on any atom is -0.495 e. The SMILES string of the molecule is COc1cc2cc(-c3ccccc3)n(Cc3cccc(C(N)=O)n3)c2cc1Cl. The molecule has 0 atom stereocenters. The normalized spacial score (nSPS) is 10.9. The Morgan fingerprint density at radius 3 is 2.61 bits per heavy atom. The molecule has 140 valence electrons. The minimum absolute atomic E-state index is 0.245. The topological polar surface area (TPSA) is 70.1 Å². The van der Waals surface area contributed by atoms with Crippen molar-refractivity contribution in [2.75, 3.05) is 7.11 Å². The number of hydrogen-bond donors (Lipinski definition) is 1. The lowest BCUT2D eigenvalue weighted by molar-refractivity contribution is 0.0995. The molecular weight excluding hydrogens is 374 g/mol. The molecule has 0 bridgehead atoms. The Kier molecular flexibility index (Phi) is 4.75. The van der Waals surface area contributed by atoms with Gasteiger partial charge < -0.3 is 15.0 Å². The van der Waals surface area contributed by atoms with Crippen LogP contribution in [-0.4, -0.2) is 22.6 Å². The zero-order chi connectivity index (χ0) is 19.7. The quantitative estimate of drug-likeness (QED) is 0.544. The number of amides is 1. The molecule has 6 heteroatoms. The number of rotatable bonds is 5. The summed E-state index contributed by atoms with van der Waals surface area (Å²) in [6.45, 7) is 0.470. The van der Waals surface area contributed by atoms with Crippen LogP contribution in [0.25, 0.3) is 22.2 Å². The zero-order valence-electron chi connectivity index (χ0n) is 15.2. The third kappa shape index (κ3) is 3.32. The number of methoxy groups -OCH3 is 1. The fourth-order valence-corrected chi connectivity index (χ4v) is 3.54. The summed E-state index contributed by atoms with van der Waals surface area (Å²) in [4.78, 5) is 15.9. The third-order valence-corrected chi connectivity index (χ3v) is 4.92. The summed E-state index contributed by atoms with van der Waals surface area (Å²) in [6, 6.07) is 21.3. The maximum Gasteiger partial charge on any atom is 0.267 e. The van der Waals surface area contributed by atoms with Crippen LogP contribution in [0, 0.1) is 0 Å².